The topological polar surface area (TPSA) is 84.9 Å². The lowest BCUT2D eigenvalue weighted by Gasteiger charge is -2.18. The number of benzene rings is 2. The summed E-state index contributed by atoms with van der Waals surface area (Å²) in [6, 6.07) is 11.5. The van der Waals surface area contributed by atoms with Gasteiger partial charge >= 0.3 is 0 Å². The maximum atomic E-state index is 12.5. The van der Waals surface area contributed by atoms with Crippen LogP contribution in [0.4, 0.5) is 0 Å². The van der Waals surface area contributed by atoms with E-state index in [-0.39, 0.29) is 10.8 Å². The highest BCUT2D eigenvalue weighted by Gasteiger charge is 2.21. The standard InChI is InChI=1S/C22H30N2O5S/c1-5-14-29-20-13-8-17(15-21(20)28-4)16-23-22(25)18-9-11-19(12-10-18)30(26,27)24(6-2)7-3/h8-13,15H,5-7,14,16H2,1-4H3,(H,23,25). The number of nitrogens with zero attached hydrogens (tertiary/aromatic N) is 1. The largest absolute Gasteiger partial charge is 0.493 e. The number of methoxy groups -OCH3 is 1. The first-order valence-corrected chi connectivity index (χ1v) is 11.5. The van der Waals surface area contributed by atoms with E-state index < -0.39 is 10.0 Å². The minimum Gasteiger partial charge on any atom is -0.493 e. The van der Waals surface area contributed by atoms with Crippen LogP contribution < -0.4 is 14.8 Å². The maximum Gasteiger partial charge on any atom is 0.251 e. The number of nitrogens with one attached hydrogen (secondary N) is 1. The highest BCUT2D eigenvalue weighted by atomic mass is 32.2. The Balaban J connectivity index is 2.05. The van der Waals surface area contributed by atoms with Gasteiger partial charge in [0.25, 0.3) is 5.91 Å². The Morgan fingerprint density at radius 3 is 2.23 bits per heavy atom. The molecule has 30 heavy (non-hydrogen) atoms. The van der Waals surface area contributed by atoms with E-state index in [1.807, 2.05) is 25.1 Å². The van der Waals surface area contributed by atoms with Crippen molar-refractivity contribution in [3.63, 3.8) is 0 Å². The maximum absolute atomic E-state index is 12.5. The molecule has 1 N–H and O–H groups in total. The van der Waals surface area contributed by atoms with Crippen LogP contribution in [0.25, 0.3) is 0 Å². The summed E-state index contributed by atoms with van der Waals surface area (Å²) in [6.45, 7) is 7.32. The number of carbonyl (C=O) groups excluding carboxylic acids is 1. The molecule has 0 radical (unpaired) electrons. The molecule has 1 amide bonds. The Hall–Kier alpha value is -2.58. The predicted octanol–water partition coefficient (Wildman–Crippen LogP) is 3.44. The molecule has 0 aliphatic heterocycles. The smallest absolute Gasteiger partial charge is 0.251 e. The lowest BCUT2D eigenvalue weighted by Crippen LogP contribution is -2.30. The van der Waals surface area contributed by atoms with Crippen molar-refractivity contribution in [2.45, 2.75) is 38.6 Å². The summed E-state index contributed by atoms with van der Waals surface area (Å²) in [4.78, 5) is 12.6. The third kappa shape index (κ3) is 5.73. The number of hydrogen-bond acceptors (Lipinski definition) is 5. The van der Waals surface area contributed by atoms with Crippen molar-refractivity contribution in [3.05, 3.63) is 53.6 Å². The Morgan fingerprint density at radius 1 is 1.00 bits per heavy atom. The number of rotatable bonds is 11. The molecule has 0 aliphatic rings. The lowest BCUT2D eigenvalue weighted by molar-refractivity contribution is 0.0950. The van der Waals surface area contributed by atoms with Gasteiger partial charge in [0.15, 0.2) is 11.5 Å². The summed E-state index contributed by atoms with van der Waals surface area (Å²) in [5.74, 6) is 0.993. The van der Waals surface area contributed by atoms with Crippen LogP contribution in [0, 0.1) is 0 Å². The van der Waals surface area contributed by atoms with Gasteiger partial charge in [-0.05, 0) is 48.4 Å². The van der Waals surface area contributed by atoms with Crippen LogP contribution >= 0.6 is 0 Å². The second-order valence-electron chi connectivity index (χ2n) is 6.63. The monoisotopic (exact) mass is 434 g/mol. The first-order valence-electron chi connectivity index (χ1n) is 10.0. The van der Waals surface area contributed by atoms with Crippen molar-refractivity contribution >= 4 is 15.9 Å². The zero-order chi connectivity index (χ0) is 22.1. The van der Waals surface area contributed by atoms with E-state index in [0.29, 0.717) is 43.3 Å². The Kier molecular flexibility index (Phi) is 8.68. The normalized spacial score (nSPS) is 11.4. The first-order chi connectivity index (χ1) is 14.4. The van der Waals surface area contributed by atoms with E-state index in [0.717, 1.165) is 12.0 Å². The van der Waals surface area contributed by atoms with Crippen LogP contribution in [0.5, 0.6) is 11.5 Å². The van der Waals surface area contributed by atoms with Crippen molar-refractivity contribution in [1.82, 2.24) is 9.62 Å². The Bertz CT molecular complexity index is 939. The highest BCUT2D eigenvalue weighted by Crippen LogP contribution is 2.28. The second-order valence-corrected chi connectivity index (χ2v) is 8.57. The van der Waals surface area contributed by atoms with Crippen LogP contribution in [0.15, 0.2) is 47.4 Å². The van der Waals surface area contributed by atoms with Crippen molar-refractivity contribution in [2.24, 2.45) is 0 Å². The van der Waals surface area contributed by atoms with E-state index in [2.05, 4.69) is 5.32 Å². The van der Waals surface area contributed by atoms with Gasteiger partial charge < -0.3 is 14.8 Å². The zero-order valence-electron chi connectivity index (χ0n) is 18.0. The van der Waals surface area contributed by atoms with E-state index in [1.165, 1.54) is 28.6 Å². The molecule has 0 heterocycles. The third-order valence-corrected chi connectivity index (χ3v) is 6.67. The minimum absolute atomic E-state index is 0.176. The molecule has 0 saturated carbocycles. The van der Waals surface area contributed by atoms with Crippen LogP contribution in [-0.2, 0) is 16.6 Å². The molecule has 0 fully saturated rings. The molecule has 164 valence electrons. The predicted molar refractivity (Wildman–Crippen MR) is 116 cm³/mol. The lowest BCUT2D eigenvalue weighted by atomic mass is 10.1. The van der Waals surface area contributed by atoms with E-state index in [1.54, 1.807) is 21.0 Å². The average molecular weight is 435 g/mol. The Morgan fingerprint density at radius 2 is 1.67 bits per heavy atom. The molecule has 0 saturated heterocycles. The summed E-state index contributed by atoms with van der Waals surface area (Å²) in [5.41, 5.74) is 1.26. The van der Waals surface area contributed by atoms with Crippen molar-refractivity contribution in [3.8, 4) is 11.5 Å². The van der Waals surface area contributed by atoms with Gasteiger partial charge in [-0.25, -0.2) is 8.42 Å². The molecule has 0 aromatic heterocycles. The SMILES string of the molecule is CCCOc1ccc(CNC(=O)c2ccc(S(=O)(=O)N(CC)CC)cc2)cc1OC. The molecular formula is C22H30N2O5S. The molecule has 0 unspecified atom stereocenters. The third-order valence-electron chi connectivity index (χ3n) is 4.60. The second kappa shape index (κ2) is 11.0. The Labute approximate surface area is 179 Å². The molecule has 2 rings (SSSR count). The molecule has 7 nitrogen and oxygen atoms in total. The molecule has 0 spiro atoms. The van der Waals surface area contributed by atoms with E-state index in [9.17, 15) is 13.2 Å². The molecule has 8 heteroatoms. The molecular weight excluding hydrogens is 404 g/mol. The molecule has 2 aromatic rings. The van der Waals surface area contributed by atoms with Gasteiger partial charge in [0.2, 0.25) is 10.0 Å². The summed E-state index contributed by atoms with van der Waals surface area (Å²) in [7, 11) is -1.97. The quantitative estimate of drug-likeness (QED) is 0.586. The van der Waals surface area contributed by atoms with Gasteiger partial charge in [0.05, 0.1) is 18.6 Å². The van der Waals surface area contributed by atoms with Gasteiger partial charge in [0.1, 0.15) is 0 Å². The summed E-state index contributed by atoms with van der Waals surface area (Å²) >= 11 is 0. The average Bonchev–Trinajstić information content (AvgIpc) is 2.76. The van der Waals surface area contributed by atoms with Crippen LogP contribution in [0.1, 0.15) is 43.1 Å². The fourth-order valence-electron chi connectivity index (χ4n) is 2.93. The molecule has 0 atom stereocenters. The summed E-state index contributed by atoms with van der Waals surface area (Å²) < 4.78 is 37.5. The van der Waals surface area contributed by atoms with E-state index >= 15 is 0 Å². The highest BCUT2D eigenvalue weighted by molar-refractivity contribution is 7.89. The van der Waals surface area contributed by atoms with Gasteiger partial charge in [-0.1, -0.05) is 26.8 Å². The number of hydrogen-bond donors (Lipinski definition) is 1. The zero-order valence-corrected chi connectivity index (χ0v) is 18.8. The van der Waals surface area contributed by atoms with Crippen LogP contribution in [0.2, 0.25) is 0 Å². The number of carbonyl (C=O) groups is 1. The fraction of sp³-hybridized carbons (Fsp3) is 0.409. The van der Waals surface area contributed by atoms with Gasteiger partial charge in [0, 0.05) is 25.2 Å². The number of ether oxygens (including phenoxy) is 2. The van der Waals surface area contributed by atoms with Gasteiger partial charge in [-0.15, -0.1) is 0 Å². The first kappa shape index (κ1) is 23.7. The van der Waals surface area contributed by atoms with E-state index in [4.69, 9.17) is 9.47 Å². The van der Waals surface area contributed by atoms with Crippen LogP contribution in [-0.4, -0.2) is 45.4 Å². The van der Waals surface area contributed by atoms with Crippen molar-refractivity contribution in [1.29, 1.82) is 0 Å². The molecule has 2 aromatic carbocycles. The summed E-state index contributed by atoms with van der Waals surface area (Å²) in [5, 5.41) is 2.84. The van der Waals surface area contributed by atoms with Crippen molar-refractivity contribution < 1.29 is 22.7 Å². The minimum atomic E-state index is -3.54. The van der Waals surface area contributed by atoms with Crippen molar-refractivity contribution in [2.75, 3.05) is 26.8 Å². The fourth-order valence-corrected chi connectivity index (χ4v) is 4.39. The van der Waals surface area contributed by atoms with Gasteiger partial charge in [-0.2, -0.15) is 4.31 Å². The number of amides is 1. The molecule has 0 bridgehead atoms. The number of sulfonamides is 1. The van der Waals surface area contributed by atoms with Gasteiger partial charge in [-0.3, -0.25) is 4.79 Å². The van der Waals surface area contributed by atoms with Crippen LogP contribution in [0.3, 0.4) is 0 Å². The molecule has 0 aliphatic carbocycles. The summed E-state index contributed by atoms with van der Waals surface area (Å²) in [6.07, 6.45) is 0.899.